The molecule has 2 nitrogen and oxygen atoms in total. The van der Waals surface area contributed by atoms with Gasteiger partial charge in [0.05, 0.1) is 0 Å². The molecule has 0 unspecified atom stereocenters. The zero-order chi connectivity index (χ0) is 14.3. The molecule has 0 aromatic carbocycles. The highest BCUT2D eigenvalue weighted by molar-refractivity contribution is 5.82. The number of carbonyl (C=O) groups excluding carboxylic acids is 1. The molecule has 0 bridgehead atoms. The van der Waals surface area contributed by atoms with E-state index in [0.717, 1.165) is 17.8 Å². The molecule has 3 fully saturated rings. The van der Waals surface area contributed by atoms with Crippen LogP contribution in [-0.4, -0.2) is 11.9 Å². The van der Waals surface area contributed by atoms with Crippen molar-refractivity contribution in [1.29, 1.82) is 0 Å². The lowest BCUT2D eigenvalue weighted by molar-refractivity contribution is -0.124. The average Bonchev–Trinajstić information content (AvgIpc) is 3.16. The topological polar surface area (TPSA) is 29.1 Å². The van der Waals surface area contributed by atoms with Crippen molar-refractivity contribution in [3.05, 3.63) is 0 Å². The van der Waals surface area contributed by atoms with E-state index in [0.29, 0.717) is 29.7 Å². The molecule has 5 atom stereocenters. The summed E-state index contributed by atoms with van der Waals surface area (Å²) in [5.74, 6) is 4.42. The van der Waals surface area contributed by atoms with Gasteiger partial charge in [0.15, 0.2) is 0 Å². The SMILES string of the molecule is CC(C)[C@@H]1CC[C@@H](C)[C@@H]2[C@@H](C(=O)NC3CCCCC3)[C@@H]21. The van der Waals surface area contributed by atoms with Crippen molar-refractivity contribution in [2.24, 2.45) is 35.5 Å². The molecule has 3 aliphatic rings. The summed E-state index contributed by atoms with van der Waals surface area (Å²) in [5.41, 5.74) is 0. The third-order valence-electron chi connectivity index (χ3n) is 6.35. The van der Waals surface area contributed by atoms with Crippen molar-refractivity contribution in [2.75, 3.05) is 0 Å². The van der Waals surface area contributed by atoms with Crippen LogP contribution in [0.3, 0.4) is 0 Å². The van der Waals surface area contributed by atoms with Gasteiger partial charge in [-0.15, -0.1) is 0 Å². The summed E-state index contributed by atoms with van der Waals surface area (Å²) in [6.07, 6.45) is 9.03. The number of amides is 1. The monoisotopic (exact) mass is 277 g/mol. The largest absolute Gasteiger partial charge is 0.353 e. The molecule has 1 N–H and O–H groups in total. The van der Waals surface area contributed by atoms with Crippen LogP contribution in [0.15, 0.2) is 0 Å². The number of rotatable bonds is 3. The Labute approximate surface area is 124 Å². The van der Waals surface area contributed by atoms with E-state index in [-0.39, 0.29) is 0 Å². The Morgan fingerprint density at radius 2 is 1.70 bits per heavy atom. The van der Waals surface area contributed by atoms with E-state index in [4.69, 9.17) is 0 Å². The van der Waals surface area contributed by atoms with Crippen molar-refractivity contribution in [1.82, 2.24) is 5.32 Å². The Bertz CT molecular complexity index is 358. The average molecular weight is 277 g/mol. The number of hydrogen-bond acceptors (Lipinski definition) is 1. The van der Waals surface area contributed by atoms with Gasteiger partial charge in [0.1, 0.15) is 0 Å². The number of hydrogen-bond donors (Lipinski definition) is 1. The third-order valence-corrected chi connectivity index (χ3v) is 6.35. The Morgan fingerprint density at radius 3 is 2.35 bits per heavy atom. The maximum absolute atomic E-state index is 12.6. The van der Waals surface area contributed by atoms with Crippen molar-refractivity contribution < 1.29 is 4.79 Å². The number of fused-ring (bicyclic) bond motifs is 1. The third kappa shape index (κ3) is 2.63. The fourth-order valence-corrected chi connectivity index (χ4v) is 5.16. The highest BCUT2D eigenvalue weighted by Gasteiger charge is 2.61. The molecule has 0 spiro atoms. The second-order valence-electron chi connectivity index (χ2n) is 7.99. The van der Waals surface area contributed by atoms with Crippen molar-refractivity contribution >= 4 is 5.91 Å². The van der Waals surface area contributed by atoms with Gasteiger partial charge in [-0.3, -0.25) is 4.79 Å². The number of carbonyl (C=O) groups is 1. The molecule has 0 saturated heterocycles. The molecule has 0 aliphatic heterocycles. The summed E-state index contributed by atoms with van der Waals surface area (Å²) in [7, 11) is 0. The van der Waals surface area contributed by atoms with E-state index in [9.17, 15) is 4.79 Å². The predicted octanol–water partition coefficient (Wildman–Crippen LogP) is 4.00. The van der Waals surface area contributed by atoms with Gasteiger partial charge in [-0.25, -0.2) is 0 Å². The minimum atomic E-state index is 0.349. The maximum Gasteiger partial charge on any atom is 0.223 e. The van der Waals surface area contributed by atoms with Gasteiger partial charge >= 0.3 is 0 Å². The van der Waals surface area contributed by atoms with Crippen LogP contribution in [0.25, 0.3) is 0 Å². The standard InChI is InChI=1S/C18H31NO/c1-11(2)14-10-9-12(3)15-16(14)17(15)18(20)19-13-7-5-4-6-8-13/h11-17H,4-10H2,1-3H3,(H,19,20)/t12-,14+,15+,16-,17-/m1/s1. The first kappa shape index (κ1) is 14.4. The molecular formula is C18H31NO. The molecule has 0 aromatic heterocycles. The van der Waals surface area contributed by atoms with Crippen LogP contribution < -0.4 is 5.32 Å². The minimum absolute atomic E-state index is 0.349. The lowest BCUT2D eigenvalue weighted by Crippen LogP contribution is -2.38. The molecule has 1 amide bonds. The summed E-state index contributed by atoms with van der Waals surface area (Å²) in [4.78, 5) is 12.6. The smallest absolute Gasteiger partial charge is 0.223 e. The molecule has 0 aromatic rings. The summed E-state index contributed by atoms with van der Waals surface area (Å²) in [6, 6.07) is 0.478. The molecular weight excluding hydrogens is 246 g/mol. The summed E-state index contributed by atoms with van der Waals surface area (Å²) in [5, 5.41) is 3.38. The Kier molecular flexibility index (Phi) is 4.10. The van der Waals surface area contributed by atoms with E-state index in [1.165, 1.54) is 44.9 Å². The number of nitrogens with one attached hydrogen (secondary N) is 1. The Balaban J connectivity index is 1.60. The van der Waals surface area contributed by atoms with Gasteiger partial charge in [0.2, 0.25) is 5.91 Å². The van der Waals surface area contributed by atoms with Crippen LogP contribution in [-0.2, 0) is 4.79 Å². The molecule has 20 heavy (non-hydrogen) atoms. The van der Waals surface area contributed by atoms with E-state index in [1.54, 1.807) is 0 Å². The zero-order valence-corrected chi connectivity index (χ0v) is 13.4. The lowest BCUT2D eigenvalue weighted by atomic mass is 9.77. The first-order valence-corrected chi connectivity index (χ1v) is 8.90. The summed E-state index contributed by atoms with van der Waals surface area (Å²) >= 11 is 0. The van der Waals surface area contributed by atoms with E-state index < -0.39 is 0 Å². The Morgan fingerprint density at radius 1 is 1.00 bits per heavy atom. The Hall–Kier alpha value is -0.530. The van der Waals surface area contributed by atoms with Crippen LogP contribution >= 0.6 is 0 Å². The highest BCUT2D eigenvalue weighted by Crippen LogP contribution is 2.62. The second-order valence-corrected chi connectivity index (χ2v) is 7.99. The fourth-order valence-electron chi connectivity index (χ4n) is 5.16. The van der Waals surface area contributed by atoms with Gasteiger partial charge in [-0.2, -0.15) is 0 Å². The van der Waals surface area contributed by atoms with Crippen LogP contribution in [0.5, 0.6) is 0 Å². The van der Waals surface area contributed by atoms with Crippen molar-refractivity contribution in [3.63, 3.8) is 0 Å². The molecule has 114 valence electrons. The van der Waals surface area contributed by atoms with Crippen molar-refractivity contribution in [2.45, 2.75) is 71.8 Å². The molecule has 0 radical (unpaired) electrons. The normalized spacial score (nSPS) is 41.3. The van der Waals surface area contributed by atoms with E-state index >= 15 is 0 Å². The molecule has 3 aliphatic carbocycles. The molecule has 3 saturated carbocycles. The lowest BCUT2D eigenvalue weighted by Gasteiger charge is -2.28. The van der Waals surface area contributed by atoms with Gasteiger partial charge < -0.3 is 5.32 Å². The maximum atomic E-state index is 12.6. The molecule has 0 heterocycles. The minimum Gasteiger partial charge on any atom is -0.353 e. The quantitative estimate of drug-likeness (QED) is 0.830. The van der Waals surface area contributed by atoms with Gasteiger partial charge in [-0.1, -0.05) is 46.5 Å². The van der Waals surface area contributed by atoms with Crippen LogP contribution in [0.1, 0.15) is 65.7 Å². The van der Waals surface area contributed by atoms with Crippen LogP contribution in [0, 0.1) is 35.5 Å². The van der Waals surface area contributed by atoms with Crippen LogP contribution in [0.2, 0.25) is 0 Å². The summed E-state index contributed by atoms with van der Waals surface area (Å²) < 4.78 is 0. The van der Waals surface area contributed by atoms with E-state index in [1.807, 2.05) is 0 Å². The predicted molar refractivity (Wildman–Crippen MR) is 82.2 cm³/mol. The van der Waals surface area contributed by atoms with E-state index in [2.05, 4.69) is 26.1 Å². The zero-order valence-electron chi connectivity index (χ0n) is 13.4. The first-order chi connectivity index (χ1) is 9.59. The second kappa shape index (κ2) is 5.69. The fraction of sp³-hybridized carbons (Fsp3) is 0.944. The highest BCUT2D eigenvalue weighted by atomic mass is 16.2. The molecule has 2 heteroatoms. The summed E-state index contributed by atoms with van der Waals surface area (Å²) in [6.45, 7) is 7.04. The molecule has 3 rings (SSSR count). The van der Waals surface area contributed by atoms with Crippen molar-refractivity contribution in [3.8, 4) is 0 Å². The first-order valence-electron chi connectivity index (χ1n) is 8.90. The van der Waals surface area contributed by atoms with Gasteiger partial charge in [0.25, 0.3) is 0 Å². The van der Waals surface area contributed by atoms with Gasteiger partial charge in [0, 0.05) is 12.0 Å². The van der Waals surface area contributed by atoms with Gasteiger partial charge in [-0.05, 0) is 48.9 Å². The van der Waals surface area contributed by atoms with Crippen LogP contribution in [0.4, 0.5) is 0 Å².